The molecule has 37 heavy (non-hydrogen) atoms. The van der Waals surface area contributed by atoms with Crippen LogP contribution in [0.25, 0.3) is 0 Å². The average Bonchev–Trinajstić information content (AvgIpc) is 3.23. The fourth-order valence-corrected chi connectivity index (χ4v) is 3.74. The van der Waals surface area contributed by atoms with Gasteiger partial charge < -0.3 is 30.0 Å². The van der Waals surface area contributed by atoms with Crippen LogP contribution in [0.3, 0.4) is 0 Å². The van der Waals surface area contributed by atoms with Crippen molar-refractivity contribution >= 4 is 23.9 Å². The van der Waals surface area contributed by atoms with Gasteiger partial charge in [0.1, 0.15) is 12.7 Å². The van der Waals surface area contributed by atoms with E-state index in [1.54, 1.807) is 91.0 Å². The molecule has 1 saturated heterocycles. The number of carbonyl (C=O) groups excluding carboxylic acids is 4. The van der Waals surface area contributed by atoms with Crippen LogP contribution in [-0.2, 0) is 18.9 Å². The number of nitrogens with two attached hydrogens (primary N) is 1. The highest BCUT2D eigenvalue weighted by molar-refractivity contribution is 5.91. The number of nitrogens with one attached hydrogen (secondary N) is 1. The van der Waals surface area contributed by atoms with E-state index in [0.29, 0.717) is 5.56 Å². The predicted octanol–water partition coefficient (Wildman–Crippen LogP) is 2.69. The molecule has 0 aromatic heterocycles. The zero-order chi connectivity index (χ0) is 26.2. The van der Waals surface area contributed by atoms with Gasteiger partial charge in [-0.2, -0.15) is 0 Å². The molecule has 3 aromatic rings. The van der Waals surface area contributed by atoms with E-state index in [-0.39, 0.29) is 17.7 Å². The first kappa shape index (κ1) is 25.4. The van der Waals surface area contributed by atoms with Crippen LogP contribution in [0.2, 0.25) is 0 Å². The Morgan fingerprint density at radius 1 is 0.676 bits per heavy atom. The Kier molecular flexibility index (Phi) is 8.11. The van der Waals surface area contributed by atoms with Gasteiger partial charge in [0.25, 0.3) is 0 Å². The minimum atomic E-state index is -1.30. The predicted molar refractivity (Wildman–Crippen MR) is 129 cm³/mol. The van der Waals surface area contributed by atoms with Gasteiger partial charge in [0, 0.05) is 0 Å². The molecule has 1 aliphatic rings. The second-order valence-corrected chi connectivity index (χ2v) is 8.04. The molecule has 0 bridgehead atoms. The maximum absolute atomic E-state index is 12.9. The van der Waals surface area contributed by atoms with Gasteiger partial charge >= 0.3 is 23.9 Å². The minimum absolute atomic E-state index is 0.229. The number of esters is 3. The Morgan fingerprint density at radius 3 is 1.57 bits per heavy atom. The van der Waals surface area contributed by atoms with Crippen molar-refractivity contribution < 1.29 is 38.1 Å². The van der Waals surface area contributed by atoms with Crippen LogP contribution in [0.4, 0.5) is 4.79 Å². The number of hydrogen-bond acceptors (Lipinski definition) is 8. The average molecular weight is 504 g/mol. The smallest absolute Gasteiger partial charge is 0.338 e. The summed E-state index contributed by atoms with van der Waals surface area (Å²) in [6.45, 7) is -0.364. The molecule has 4 atom stereocenters. The number of hydrogen-bond donors (Lipinski definition) is 2. The summed E-state index contributed by atoms with van der Waals surface area (Å²) in [6.07, 6.45) is -4.92. The second kappa shape index (κ2) is 11.8. The summed E-state index contributed by atoms with van der Waals surface area (Å²) in [4.78, 5) is 49.9. The molecule has 0 radical (unpaired) electrons. The number of rotatable bonds is 8. The van der Waals surface area contributed by atoms with Crippen LogP contribution in [0, 0.1) is 0 Å². The summed E-state index contributed by atoms with van der Waals surface area (Å²) in [5, 5.41) is 2.35. The fourth-order valence-electron chi connectivity index (χ4n) is 3.74. The van der Waals surface area contributed by atoms with Crippen molar-refractivity contribution in [2.24, 2.45) is 5.73 Å². The van der Waals surface area contributed by atoms with Crippen LogP contribution in [-0.4, -0.2) is 55.1 Å². The van der Waals surface area contributed by atoms with E-state index in [2.05, 4.69) is 5.32 Å². The van der Waals surface area contributed by atoms with E-state index < -0.39 is 48.5 Å². The quantitative estimate of drug-likeness (QED) is 0.352. The van der Waals surface area contributed by atoms with Gasteiger partial charge in [-0.1, -0.05) is 54.6 Å². The summed E-state index contributed by atoms with van der Waals surface area (Å²) in [5.41, 5.74) is 6.06. The Morgan fingerprint density at radius 2 is 1.11 bits per heavy atom. The van der Waals surface area contributed by atoms with Gasteiger partial charge in [0.05, 0.1) is 16.7 Å². The lowest BCUT2D eigenvalue weighted by molar-refractivity contribution is -0.0461. The van der Waals surface area contributed by atoms with Gasteiger partial charge in [0.2, 0.25) is 0 Å². The van der Waals surface area contributed by atoms with Crippen LogP contribution in [0.1, 0.15) is 31.1 Å². The van der Waals surface area contributed by atoms with Gasteiger partial charge in [-0.15, -0.1) is 0 Å². The standard InChI is InChI=1S/C27H24N2O8/c28-27(33)29-23-22(37-26(32)19-14-8-3-9-15-19)21(36-25(31)18-12-6-2-7-13-18)20(35-23)16-34-24(30)17-10-4-1-5-11-17/h1-15,20-23H,16H2,(H3,28,29,33). The largest absolute Gasteiger partial charge is 0.459 e. The van der Waals surface area contributed by atoms with Crippen molar-refractivity contribution in [2.75, 3.05) is 6.61 Å². The van der Waals surface area contributed by atoms with Crippen molar-refractivity contribution in [3.63, 3.8) is 0 Å². The molecule has 1 aliphatic heterocycles. The SMILES string of the molecule is NC(=O)NC1OC(COC(=O)c2ccccc2)C(OC(=O)c2ccccc2)C1OC(=O)c1ccccc1. The van der Waals surface area contributed by atoms with Crippen molar-refractivity contribution in [1.29, 1.82) is 0 Å². The van der Waals surface area contributed by atoms with Gasteiger partial charge in [-0.05, 0) is 36.4 Å². The van der Waals surface area contributed by atoms with E-state index in [1.807, 2.05) is 0 Å². The third-order valence-electron chi connectivity index (χ3n) is 5.49. The first-order chi connectivity index (χ1) is 17.9. The van der Waals surface area contributed by atoms with Gasteiger partial charge in [-0.3, -0.25) is 0 Å². The molecular formula is C27H24N2O8. The van der Waals surface area contributed by atoms with Crippen molar-refractivity contribution in [3.8, 4) is 0 Å². The van der Waals surface area contributed by atoms with Crippen molar-refractivity contribution in [1.82, 2.24) is 5.32 Å². The molecule has 190 valence electrons. The molecule has 3 aromatic carbocycles. The van der Waals surface area contributed by atoms with Crippen LogP contribution < -0.4 is 11.1 Å². The lowest BCUT2D eigenvalue weighted by atomic mass is 10.1. The number of primary amides is 1. The van der Waals surface area contributed by atoms with E-state index >= 15 is 0 Å². The number of amides is 2. The maximum atomic E-state index is 12.9. The topological polar surface area (TPSA) is 143 Å². The Labute approximate surface area is 212 Å². The summed E-state index contributed by atoms with van der Waals surface area (Å²) in [6, 6.07) is 23.6. The third kappa shape index (κ3) is 6.50. The highest BCUT2D eigenvalue weighted by Gasteiger charge is 2.51. The Hall–Kier alpha value is -4.70. The molecule has 1 heterocycles. The molecule has 10 heteroatoms. The molecule has 0 aliphatic carbocycles. The van der Waals surface area contributed by atoms with E-state index in [1.165, 1.54) is 0 Å². The third-order valence-corrected chi connectivity index (χ3v) is 5.49. The minimum Gasteiger partial charge on any atom is -0.459 e. The fraction of sp³-hybridized carbons (Fsp3) is 0.185. The molecule has 4 rings (SSSR count). The second-order valence-electron chi connectivity index (χ2n) is 8.04. The zero-order valence-electron chi connectivity index (χ0n) is 19.5. The molecule has 1 fully saturated rings. The van der Waals surface area contributed by atoms with E-state index in [4.69, 9.17) is 24.7 Å². The molecule has 0 spiro atoms. The molecule has 4 unspecified atom stereocenters. The van der Waals surface area contributed by atoms with Crippen LogP contribution in [0.5, 0.6) is 0 Å². The Bertz CT molecular complexity index is 1240. The summed E-state index contributed by atoms with van der Waals surface area (Å²) in [7, 11) is 0. The maximum Gasteiger partial charge on any atom is 0.338 e. The monoisotopic (exact) mass is 504 g/mol. The first-order valence-corrected chi connectivity index (χ1v) is 11.4. The van der Waals surface area contributed by atoms with Crippen molar-refractivity contribution in [2.45, 2.75) is 24.5 Å². The van der Waals surface area contributed by atoms with Gasteiger partial charge in [0.15, 0.2) is 18.4 Å². The highest BCUT2D eigenvalue weighted by Crippen LogP contribution is 2.28. The number of carbonyl (C=O) groups is 4. The molecule has 2 amide bonds. The first-order valence-electron chi connectivity index (χ1n) is 11.4. The zero-order valence-corrected chi connectivity index (χ0v) is 19.5. The van der Waals surface area contributed by atoms with Crippen LogP contribution >= 0.6 is 0 Å². The lowest BCUT2D eigenvalue weighted by Crippen LogP contribution is -2.49. The molecule has 3 N–H and O–H groups in total. The summed E-state index contributed by atoms with van der Waals surface area (Å²) in [5.74, 6) is -2.11. The lowest BCUT2D eigenvalue weighted by Gasteiger charge is -2.24. The summed E-state index contributed by atoms with van der Waals surface area (Å²) < 4.78 is 22.5. The number of ether oxygens (including phenoxy) is 4. The molecule has 10 nitrogen and oxygen atoms in total. The summed E-state index contributed by atoms with van der Waals surface area (Å²) >= 11 is 0. The number of urea groups is 1. The van der Waals surface area contributed by atoms with Gasteiger partial charge in [-0.25, -0.2) is 19.2 Å². The van der Waals surface area contributed by atoms with Crippen LogP contribution in [0.15, 0.2) is 91.0 Å². The normalized spacial score (nSPS) is 20.4. The van der Waals surface area contributed by atoms with E-state index in [0.717, 1.165) is 0 Å². The molecule has 0 saturated carbocycles. The number of benzene rings is 3. The highest BCUT2D eigenvalue weighted by atomic mass is 16.7. The van der Waals surface area contributed by atoms with Crippen molar-refractivity contribution in [3.05, 3.63) is 108 Å². The van der Waals surface area contributed by atoms with E-state index in [9.17, 15) is 19.2 Å². The molecular weight excluding hydrogens is 480 g/mol. The Balaban J connectivity index is 1.58.